The molecule has 0 nitrogen and oxygen atoms in total. The molecule has 0 aliphatic heterocycles. The van der Waals surface area contributed by atoms with Gasteiger partial charge < -0.3 is 0 Å². The van der Waals surface area contributed by atoms with Crippen LogP contribution in [0.25, 0.3) is 0 Å². The second-order valence-corrected chi connectivity index (χ2v) is 5.08. The molecule has 1 unspecified atom stereocenters. The van der Waals surface area contributed by atoms with Crippen molar-refractivity contribution in [3.63, 3.8) is 0 Å². The van der Waals surface area contributed by atoms with Gasteiger partial charge >= 0.3 is 0 Å². The number of rotatable bonds is 6. The van der Waals surface area contributed by atoms with Gasteiger partial charge in [0.05, 0.1) is 0 Å². The number of hydrogen-bond acceptors (Lipinski definition) is 1. The number of allylic oxidation sites excluding steroid dienone is 2. The third kappa shape index (κ3) is 3.83. The van der Waals surface area contributed by atoms with Crippen LogP contribution in [-0.4, -0.2) is 0 Å². The van der Waals surface area contributed by atoms with Crippen LogP contribution in [-0.2, 0) is 6.42 Å². The molecule has 0 amide bonds. The molecule has 0 saturated carbocycles. The highest BCUT2D eigenvalue weighted by molar-refractivity contribution is 7.12. The van der Waals surface area contributed by atoms with E-state index in [1.165, 1.54) is 24.1 Å². The lowest BCUT2D eigenvalue weighted by atomic mass is 10.0. The van der Waals surface area contributed by atoms with Crippen molar-refractivity contribution in [2.24, 2.45) is 0 Å². The fraction of sp³-hybridized carbons (Fsp3) is 0.571. The Morgan fingerprint density at radius 2 is 2.00 bits per heavy atom. The van der Waals surface area contributed by atoms with E-state index >= 15 is 0 Å². The van der Waals surface area contributed by atoms with Crippen molar-refractivity contribution >= 4 is 11.3 Å². The van der Waals surface area contributed by atoms with Crippen molar-refractivity contribution < 1.29 is 0 Å². The summed E-state index contributed by atoms with van der Waals surface area (Å²) in [5, 5.41) is 0. The first-order chi connectivity index (χ1) is 7.31. The van der Waals surface area contributed by atoms with Gasteiger partial charge in [-0.15, -0.1) is 11.3 Å². The predicted octanol–water partition coefficient (Wildman–Crippen LogP) is 5.16. The smallest absolute Gasteiger partial charge is 0.00821 e. The summed E-state index contributed by atoms with van der Waals surface area (Å²) >= 11 is 1.99. The normalized spacial score (nSPS) is 13.5. The largest absolute Gasteiger partial charge is 0.145 e. The number of hydrogen-bond donors (Lipinski definition) is 0. The first kappa shape index (κ1) is 12.5. The molecule has 0 N–H and O–H groups in total. The summed E-state index contributed by atoms with van der Waals surface area (Å²) in [6, 6.07) is 4.60. The van der Waals surface area contributed by atoms with Gasteiger partial charge in [-0.25, -0.2) is 0 Å². The van der Waals surface area contributed by atoms with Gasteiger partial charge in [-0.2, -0.15) is 0 Å². The molecule has 1 aromatic heterocycles. The minimum absolute atomic E-state index is 0.734. The molecule has 1 rings (SSSR count). The molecule has 0 aromatic carbocycles. The minimum atomic E-state index is 0.734. The van der Waals surface area contributed by atoms with E-state index in [4.69, 9.17) is 0 Å². The Balaban J connectivity index is 2.61. The van der Waals surface area contributed by atoms with E-state index in [9.17, 15) is 0 Å². The highest BCUT2D eigenvalue weighted by Gasteiger charge is 2.09. The Kier molecular flexibility index (Phi) is 5.70. The van der Waals surface area contributed by atoms with E-state index in [2.05, 4.69) is 45.1 Å². The zero-order chi connectivity index (χ0) is 11.1. The van der Waals surface area contributed by atoms with Gasteiger partial charge in [-0.05, 0) is 43.7 Å². The Morgan fingerprint density at radius 1 is 1.20 bits per heavy atom. The van der Waals surface area contributed by atoms with Gasteiger partial charge in [-0.1, -0.05) is 32.9 Å². The molecule has 1 atom stereocenters. The quantitative estimate of drug-likeness (QED) is 0.583. The summed E-state index contributed by atoms with van der Waals surface area (Å²) in [5.41, 5.74) is 0. The van der Waals surface area contributed by atoms with Crippen LogP contribution in [0.15, 0.2) is 24.3 Å². The average molecular weight is 222 g/mol. The summed E-state index contributed by atoms with van der Waals surface area (Å²) in [6.07, 6.45) is 9.38. The maximum Gasteiger partial charge on any atom is 0.00821 e. The van der Waals surface area contributed by atoms with Crippen LogP contribution in [0.3, 0.4) is 0 Å². The van der Waals surface area contributed by atoms with Gasteiger partial charge in [0.2, 0.25) is 0 Å². The van der Waals surface area contributed by atoms with Crippen LogP contribution in [0.1, 0.15) is 55.7 Å². The Labute approximate surface area is 98.0 Å². The Morgan fingerprint density at radius 3 is 2.53 bits per heavy atom. The van der Waals surface area contributed by atoms with E-state index in [1.54, 1.807) is 4.88 Å². The Bertz CT molecular complexity index is 296. The summed E-state index contributed by atoms with van der Waals surface area (Å²) in [5.74, 6) is 0.734. The maximum absolute atomic E-state index is 2.33. The van der Waals surface area contributed by atoms with E-state index in [-0.39, 0.29) is 0 Å². The zero-order valence-corrected chi connectivity index (χ0v) is 10.9. The molecule has 0 saturated heterocycles. The average Bonchev–Trinajstić information content (AvgIpc) is 2.73. The molecule has 0 bridgehead atoms. The zero-order valence-electron chi connectivity index (χ0n) is 10.1. The van der Waals surface area contributed by atoms with Crippen molar-refractivity contribution in [1.82, 2.24) is 0 Å². The molecule has 84 valence electrons. The first-order valence-corrected chi connectivity index (χ1v) is 6.87. The van der Waals surface area contributed by atoms with Crippen molar-refractivity contribution in [1.29, 1.82) is 0 Å². The van der Waals surface area contributed by atoms with Gasteiger partial charge in [0.15, 0.2) is 0 Å². The SMILES string of the molecule is CC/C=C\CC(CC)c1ccc(CC)s1. The highest BCUT2D eigenvalue weighted by Crippen LogP contribution is 2.30. The van der Waals surface area contributed by atoms with Crippen molar-refractivity contribution in [3.8, 4) is 0 Å². The molecule has 0 aliphatic carbocycles. The standard InChI is InChI=1S/C14H22S/c1-4-7-8-9-12(5-2)14-11-10-13(6-3)15-14/h7-8,10-12H,4-6,9H2,1-3H3/b8-7-. The maximum atomic E-state index is 2.33. The molecule has 1 heterocycles. The van der Waals surface area contributed by atoms with Crippen LogP contribution < -0.4 is 0 Å². The highest BCUT2D eigenvalue weighted by atomic mass is 32.1. The van der Waals surface area contributed by atoms with Gasteiger partial charge in [0.25, 0.3) is 0 Å². The molecular weight excluding hydrogens is 200 g/mol. The van der Waals surface area contributed by atoms with Crippen LogP contribution >= 0.6 is 11.3 Å². The molecular formula is C14H22S. The molecule has 0 aliphatic rings. The van der Waals surface area contributed by atoms with E-state index in [1.807, 2.05) is 11.3 Å². The molecule has 1 heteroatoms. The summed E-state index contributed by atoms with van der Waals surface area (Å²) < 4.78 is 0. The van der Waals surface area contributed by atoms with Crippen LogP contribution in [0.2, 0.25) is 0 Å². The van der Waals surface area contributed by atoms with Crippen molar-refractivity contribution in [3.05, 3.63) is 34.0 Å². The summed E-state index contributed by atoms with van der Waals surface area (Å²) in [6.45, 7) is 6.71. The lowest BCUT2D eigenvalue weighted by molar-refractivity contribution is 0.686. The lowest BCUT2D eigenvalue weighted by Gasteiger charge is -2.09. The van der Waals surface area contributed by atoms with Crippen LogP contribution in [0, 0.1) is 0 Å². The van der Waals surface area contributed by atoms with Gasteiger partial charge in [0, 0.05) is 9.75 Å². The molecule has 0 fully saturated rings. The van der Waals surface area contributed by atoms with Crippen molar-refractivity contribution in [2.75, 3.05) is 0 Å². The van der Waals surface area contributed by atoms with Gasteiger partial charge in [-0.3, -0.25) is 0 Å². The molecule has 1 aromatic rings. The second kappa shape index (κ2) is 6.84. The van der Waals surface area contributed by atoms with E-state index < -0.39 is 0 Å². The number of thiophene rings is 1. The minimum Gasteiger partial charge on any atom is -0.145 e. The molecule has 15 heavy (non-hydrogen) atoms. The third-order valence-electron chi connectivity index (χ3n) is 2.75. The Hall–Kier alpha value is -0.560. The fourth-order valence-electron chi connectivity index (χ4n) is 1.72. The lowest BCUT2D eigenvalue weighted by Crippen LogP contribution is -1.91. The van der Waals surface area contributed by atoms with Crippen LogP contribution in [0.4, 0.5) is 0 Å². The van der Waals surface area contributed by atoms with Crippen LogP contribution in [0.5, 0.6) is 0 Å². The van der Waals surface area contributed by atoms with Crippen molar-refractivity contribution in [2.45, 2.75) is 52.4 Å². The molecule has 0 radical (unpaired) electrons. The first-order valence-electron chi connectivity index (χ1n) is 6.05. The topological polar surface area (TPSA) is 0 Å². The predicted molar refractivity (Wildman–Crippen MR) is 70.8 cm³/mol. The summed E-state index contributed by atoms with van der Waals surface area (Å²) in [4.78, 5) is 3.08. The molecule has 0 spiro atoms. The fourth-order valence-corrected chi connectivity index (χ4v) is 2.86. The van der Waals surface area contributed by atoms with E-state index in [0.717, 1.165) is 12.3 Å². The second-order valence-electron chi connectivity index (χ2n) is 3.88. The number of aryl methyl sites for hydroxylation is 1. The van der Waals surface area contributed by atoms with Gasteiger partial charge in [0.1, 0.15) is 0 Å². The third-order valence-corrected chi connectivity index (χ3v) is 4.14. The van der Waals surface area contributed by atoms with E-state index in [0.29, 0.717) is 0 Å². The summed E-state index contributed by atoms with van der Waals surface area (Å²) in [7, 11) is 0. The monoisotopic (exact) mass is 222 g/mol.